The summed E-state index contributed by atoms with van der Waals surface area (Å²) in [4.78, 5) is 44.3. The molecule has 7 nitrogen and oxygen atoms in total. The number of nitrogens with zero attached hydrogens (tertiary/aromatic N) is 2. The van der Waals surface area contributed by atoms with Crippen LogP contribution in [0.25, 0.3) is 0 Å². The van der Waals surface area contributed by atoms with Gasteiger partial charge in [0.25, 0.3) is 0 Å². The Morgan fingerprint density at radius 3 is 2.69 bits per heavy atom. The first-order valence-electron chi connectivity index (χ1n) is 12.0. The lowest BCUT2D eigenvalue weighted by atomic mass is 9.71. The van der Waals surface area contributed by atoms with Crippen molar-refractivity contribution in [1.82, 2.24) is 9.80 Å². The molecule has 0 aliphatic carbocycles. The van der Waals surface area contributed by atoms with Crippen LogP contribution in [0.2, 0.25) is 0 Å². The molecule has 2 amide bonds. The molecule has 7 atom stereocenters. The van der Waals surface area contributed by atoms with E-state index in [1.54, 1.807) is 29.7 Å². The van der Waals surface area contributed by atoms with Crippen LogP contribution in [0.4, 0.5) is 0 Å². The highest BCUT2D eigenvalue weighted by molar-refractivity contribution is 8.02. The van der Waals surface area contributed by atoms with E-state index in [0.717, 1.165) is 19.3 Å². The zero-order chi connectivity index (χ0) is 23.6. The van der Waals surface area contributed by atoms with Gasteiger partial charge in [-0.15, -0.1) is 18.3 Å². The van der Waals surface area contributed by atoms with Crippen LogP contribution in [0.15, 0.2) is 12.7 Å². The van der Waals surface area contributed by atoms with Gasteiger partial charge in [0.2, 0.25) is 11.8 Å². The van der Waals surface area contributed by atoms with E-state index in [2.05, 4.69) is 13.5 Å². The number of rotatable bonds is 11. The van der Waals surface area contributed by atoms with Gasteiger partial charge in [-0.25, -0.2) is 0 Å². The van der Waals surface area contributed by atoms with E-state index in [-0.39, 0.29) is 42.3 Å². The number of hydrogen-bond donors (Lipinski definition) is 1. The van der Waals surface area contributed by atoms with Crippen molar-refractivity contribution in [3.8, 4) is 0 Å². The highest BCUT2D eigenvalue weighted by Crippen LogP contribution is 2.67. The maximum absolute atomic E-state index is 14.1. The topological polar surface area (TPSA) is 87.2 Å². The Labute approximate surface area is 195 Å². The van der Waals surface area contributed by atoms with E-state index in [0.29, 0.717) is 19.4 Å². The predicted molar refractivity (Wildman–Crippen MR) is 125 cm³/mol. The predicted octanol–water partition coefficient (Wildman–Crippen LogP) is 2.61. The second-order valence-corrected chi connectivity index (χ2v) is 10.8. The number of ether oxygens (including phenoxy) is 1. The Morgan fingerprint density at radius 2 is 2.12 bits per heavy atom. The van der Waals surface area contributed by atoms with Crippen LogP contribution in [-0.4, -0.2) is 80.6 Å². The normalized spacial score (nSPS) is 32.5. The molecule has 180 valence electrons. The van der Waals surface area contributed by atoms with Gasteiger partial charge in [-0.1, -0.05) is 26.3 Å². The van der Waals surface area contributed by atoms with Crippen molar-refractivity contribution in [3.05, 3.63) is 12.7 Å². The molecule has 32 heavy (non-hydrogen) atoms. The third-order valence-corrected chi connectivity index (χ3v) is 9.41. The van der Waals surface area contributed by atoms with Crippen LogP contribution in [0.5, 0.6) is 0 Å². The highest BCUT2D eigenvalue weighted by atomic mass is 32.2. The molecule has 0 aromatic heterocycles. The lowest BCUT2D eigenvalue weighted by molar-refractivity contribution is -0.154. The van der Waals surface area contributed by atoms with Crippen LogP contribution in [0.3, 0.4) is 0 Å². The number of thioether (sulfide) groups is 1. The van der Waals surface area contributed by atoms with E-state index in [4.69, 9.17) is 4.74 Å². The average molecular weight is 467 g/mol. The van der Waals surface area contributed by atoms with Crippen molar-refractivity contribution >= 4 is 29.5 Å². The second-order valence-electron chi connectivity index (χ2n) is 9.22. The molecule has 3 aliphatic rings. The Kier molecular flexibility index (Phi) is 7.97. The minimum absolute atomic E-state index is 0.00410. The number of aliphatic hydroxyl groups excluding tert-OH is 1. The first-order valence-corrected chi connectivity index (χ1v) is 12.9. The van der Waals surface area contributed by atoms with E-state index < -0.39 is 28.7 Å². The van der Waals surface area contributed by atoms with Gasteiger partial charge >= 0.3 is 5.97 Å². The summed E-state index contributed by atoms with van der Waals surface area (Å²) >= 11 is 1.64. The third kappa shape index (κ3) is 3.87. The van der Waals surface area contributed by atoms with E-state index in [1.807, 2.05) is 18.7 Å². The van der Waals surface area contributed by atoms with Gasteiger partial charge < -0.3 is 19.6 Å². The molecule has 0 aromatic rings. The van der Waals surface area contributed by atoms with Crippen LogP contribution in [0, 0.1) is 11.8 Å². The molecule has 0 aromatic carbocycles. The minimum Gasteiger partial charge on any atom is -0.466 e. The number of likely N-dealkylation sites (tertiary alicyclic amines) is 1. The van der Waals surface area contributed by atoms with E-state index in [1.165, 1.54) is 0 Å². The Morgan fingerprint density at radius 1 is 1.41 bits per heavy atom. The summed E-state index contributed by atoms with van der Waals surface area (Å²) in [5.41, 5.74) is 0. The largest absolute Gasteiger partial charge is 0.466 e. The number of amides is 2. The van der Waals surface area contributed by atoms with Gasteiger partial charge in [0, 0.05) is 17.8 Å². The second kappa shape index (κ2) is 10.2. The van der Waals surface area contributed by atoms with Crippen molar-refractivity contribution in [2.75, 3.05) is 19.8 Å². The summed E-state index contributed by atoms with van der Waals surface area (Å²) in [6.45, 7) is 12.1. The number of carbonyl (C=O) groups excluding carboxylic acids is 3. The first-order chi connectivity index (χ1) is 15.3. The van der Waals surface area contributed by atoms with Crippen molar-refractivity contribution in [1.29, 1.82) is 0 Å². The molecule has 3 unspecified atom stereocenters. The molecule has 3 heterocycles. The van der Waals surface area contributed by atoms with Crippen LogP contribution < -0.4 is 0 Å². The molecule has 1 spiro atoms. The van der Waals surface area contributed by atoms with E-state index >= 15 is 0 Å². The molecular formula is C24H38N2O5S. The van der Waals surface area contributed by atoms with Gasteiger partial charge in [-0.2, -0.15) is 0 Å². The van der Waals surface area contributed by atoms with Gasteiger partial charge in [0.15, 0.2) is 0 Å². The van der Waals surface area contributed by atoms with Crippen molar-refractivity contribution in [3.63, 3.8) is 0 Å². The highest BCUT2D eigenvalue weighted by Gasteiger charge is 2.74. The standard InChI is InChI=1S/C24H38N2O5S/c1-6-10-15(5)25(13-7-2)22(29)20-24-12-11-17(32-24)18(23(30)31-9-4)19(24)21(28)26(20)16(8-3)14-27/h7,15-20,27H,2,6,8-14H2,1,3-5H3/t15?,16-,17-,18+,19-,20?,24?/m0/s1. The number of aliphatic hydroxyl groups is 1. The molecule has 3 saturated heterocycles. The molecule has 0 saturated carbocycles. The summed E-state index contributed by atoms with van der Waals surface area (Å²) in [6.07, 6.45) is 5.57. The van der Waals surface area contributed by atoms with E-state index in [9.17, 15) is 19.5 Å². The number of esters is 1. The first kappa shape index (κ1) is 25.1. The maximum atomic E-state index is 14.1. The minimum atomic E-state index is -0.689. The van der Waals surface area contributed by atoms with Crippen molar-refractivity contribution in [2.45, 2.75) is 87.9 Å². The fourth-order valence-electron chi connectivity index (χ4n) is 6.04. The quantitative estimate of drug-likeness (QED) is 0.372. The Bertz CT molecular complexity index is 742. The van der Waals surface area contributed by atoms with Crippen LogP contribution in [-0.2, 0) is 19.1 Å². The number of hydrogen-bond acceptors (Lipinski definition) is 6. The zero-order valence-electron chi connectivity index (χ0n) is 19.8. The summed E-state index contributed by atoms with van der Waals surface area (Å²) in [7, 11) is 0. The summed E-state index contributed by atoms with van der Waals surface area (Å²) in [5, 5.41) is 10.1. The number of fused-ring (bicyclic) bond motifs is 1. The maximum Gasteiger partial charge on any atom is 0.310 e. The smallest absolute Gasteiger partial charge is 0.310 e. The van der Waals surface area contributed by atoms with Gasteiger partial charge in [-0.3, -0.25) is 14.4 Å². The Hall–Kier alpha value is -1.54. The molecule has 3 fully saturated rings. The fraction of sp³-hybridized carbons (Fsp3) is 0.792. The number of carbonyl (C=O) groups is 3. The molecule has 0 radical (unpaired) electrons. The Balaban J connectivity index is 2.07. The lowest BCUT2D eigenvalue weighted by Gasteiger charge is -2.41. The summed E-state index contributed by atoms with van der Waals surface area (Å²) in [6, 6.07) is -1.13. The summed E-state index contributed by atoms with van der Waals surface area (Å²) < 4.78 is 4.70. The third-order valence-electron chi connectivity index (χ3n) is 7.45. The molecule has 8 heteroatoms. The van der Waals surface area contributed by atoms with Gasteiger partial charge in [0.1, 0.15) is 6.04 Å². The van der Waals surface area contributed by atoms with Crippen LogP contribution >= 0.6 is 11.8 Å². The molecule has 2 bridgehead atoms. The van der Waals surface area contributed by atoms with Gasteiger partial charge in [-0.05, 0) is 39.5 Å². The van der Waals surface area contributed by atoms with Crippen molar-refractivity contribution in [2.24, 2.45) is 11.8 Å². The van der Waals surface area contributed by atoms with Crippen LogP contribution in [0.1, 0.15) is 59.8 Å². The monoisotopic (exact) mass is 466 g/mol. The van der Waals surface area contributed by atoms with Crippen molar-refractivity contribution < 1.29 is 24.2 Å². The SMILES string of the molecule is C=CCN(C(=O)C1N([C@@H](CC)CO)C(=O)[C@@H]2[C@H](C(=O)OCC)[C@@H]3CCC12S3)C(C)CCC. The molecule has 3 aliphatic heterocycles. The van der Waals surface area contributed by atoms with Gasteiger partial charge in [0.05, 0.1) is 35.8 Å². The molecular weight excluding hydrogens is 428 g/mol. The zero-order valence-corrected chi connectivity index (χ0v) is 20.6. The average Bonchev–Trinajstić information content (AvgIpc) is 3.41. The fourth-order valence-corrected chi connectivity index (χ4v) is 8.23. The lowest BCUT2D eigenvalue weighted by Crippen LogP contribution is -2.58. The molecule has 1 N–H and O–H groups in total. The molecule has 3 rings (SSSR count). The summed E-state index contributed by atoms with van der Waals surface area (Å²) in [5.74, 6) is -1.71.